The summed E-state index contributed by atoms with van der Waals surface area (Å²) in [5.74, 6) is 0. The van der Waals surface area contributed by atoms with Crippen molar-refractivity contribution in [2.75, 3.05) is 11.9 Å². The number of para-hydroxylation sites is 1. The lowest BCUT2D eigenvalue weighted by molar-refractivity contribution is 0.199. The number of imide groups is 1. The lowest BCUT2D eigenvalue weighted by Crippen LogP contribution is -2.43. The molecule has 0 fully saturated rings. The third-order valence-electron chi connectivity index (χ3n) is 2.27. The van der Waals surface area contributed by atoms with Crippen molar-refractivity contribution in [1.82, 2.24) is 4.90 Å². The highest BCUT2D eigenvalue weighted by atomic mass is 16.2. The Morgan fingerprint density at radius 2 is 1.94 bits per heavy atom. The van der Waals surface area contributed by atoms with Crippen LogP contribution in [0.15, 0.2) is 30.3 Å². The average Bonchev–Trinajstić information content (AvgIpc) is 2.30. The smallest absolute Gasteiger partial charge is 0.329 e. The molecule has 4 amide bonds. The summed E-state index contributed by atoms with van der Waals surface area (Å²) < 4.78 is 0. The van der Waals surface area contributed by atoms with Gasteiger partial charge in [-0.25, -0.2) is 14.5 Å². The number of hydrogen-bond acceptors (Lipinski definition) is 2. The molecule has 1 aromatic rings. The van der Waals surface area contributed by atoms with E-state index >= 15 is 0 Å². The predicted octanol–water partition coefficient (Wildman–Crippen LogP) is 2.40. The summed E-state index contributed by atoms with van der Waals surface area (Å²) in [7, 11) is 0. The zero-order valence-electron chi connectivity index (χ0n) is 9.85. The Kier molecular flexibility index (Phi) is 5.00. The number of urea groups is 2. The molecule has 5 nitrogen and oxygen atoms in total. The predicted molar refractivity (Wildman–Crippen MR) is 66.7 cm³/mol. The molecule has 0 heterocycles. The van der Waals surface area contributed by atoms with Gasteiger partial charge in [-0.05, 0) is 18.6 Å². The van der Waals surface area contributed by atoms with Crippen LogP contribution in [-0.4, -0.2) is 23.5 Å². The molecule has 0 aliphatic heterocycles. The maximum atomic E-state index is 11.8. The zero-order valence-corrected chi connectivity index (χ0v) is 9.85. The monoisotopic (exact) mass is 235 g/mol. The normalized spacial score (nSPS) is 9.71. The van der Waals surface area contributed by atoms with E-state index in [0.717, 1.165) is 17.7 Å². The van der Waals surface area contributed by atoms with E-state index in [9.17, 15) is 9.59 Å². The number of amides is 4. The Balaban J connectivity index is 2.62. The molecule has 0 aliphatic carbocycles. The average molecular weight is 235 g/mol. The summed E-state index contributed by atoms with van der Waals surface area (Å²) in [5, 5.41) is 2.62. The highest BCUT2D eigenvalue weighted by Crippen LogP contribution is 2.07. The molecule has 17 heavy (non-hydrogen) atoms. The van der Waals surface area contributed by atoms with Crippen LogP contribution in [0.1, 0.15) is 19.8 Å². The van der Waals surface area contributed by atoms with Crippen molar-refractivity contribution in [3.8, 4) is 0 Å². The number of unbranched alkanes of at least 4 members (excludes halogenated alkanes) is 1. The maximum absolute atomic E-state index is 11.8. The van der Waals surface area contributed by atoms with Gasteiger partial charge in [-0.1, -0.05) is 31.5 Å². The summed E-state index contributed by atoms with van der Waals surface area (Å²) in [5.41, 5.74) is 5.80. The highest BCUT2D eigenvalue weighted by molar-refractivity contribution is 6.00. The van der Waals surface area contributed by atoms with Crippen LogP contribution in [0.25, 0.3) is 0 Å². The summed E-state index contributed by atoms with van der Waals surface area (Å²) >= 11 is 0. The van der Waals surface area contributed by atoms with Crippen LogP contribution in [-0.2, 0) is 0 Å². The third-order valence-corrected chi connectivity index (χ3v) is 2.27. The van der Waals surface area contributed by atoms with Gasteiger partial charge in [-0.15, -0.1) is 0 Å². The van der Waals surface area contributed by atoms with Crippen molar-refractivity contribution in [3.05, 3.63) is 30.3 Å². The summed E-state index contributed by atoms with van der Waals surface area (Å²) in [6.07, 6.45) is 1.63. The van der Waals surface area contributed by atoms with Crippen molar-refractivity contribution in [3.63, 3.8) is 0 Å². The van der Waals surface area contributed by atoms with Gasteiger partial charge in [0.05, 0.1) is 0 Å². The van der Waals surface area contributed by atoms with Crippen LogP contribution in [0.4, 0.5) is 15.3 Å². The number of carbonyl (C=O) groups excluding carboxylic acids is 2. The van der Waals surface area contributed by atoms with Gasteiger partial charge in [0.25, 0.3) is 0 Å². The number of benzene rings is 1. The fourth-order valence-corrected chi connectivity index (χ4v) is 1.34. The summed E-state index contributed by atoms with van der Waals surface area (Å²) in [4.78, 5) is 23.9. The molecule has 0 saturated carbocycles. The summed E-state index contributed by atoms with van der Waals surface area (Å²) in [6, 6.07) is 7.72. The number of carbonyl (C=O) groups is 2. The second-order valence-corrected chi connectivity index (χ2v) is 3.64. The Morgan fingerprint density at radius 3 is 2.47 bits per heavy atom. The van der Waals surface area contributed by atoms with E-state index in [2.05, 4.69) is 5.32 Å². The molecular formula is C12H17N3O2. The van der Waals surface area contributed by atoms with Crippen molar-refractivity contribution in [2.24, 2.45) is 5.73 Å². The fourth-order valence-electron chi connectivity index (χ4n) is 1.34. The molecule has 0 aliphatic rings. The van der Waals surface area contributed by atoms with Crippen LogP contribution < -0.4 is 11.1 Å². The van der Waals surface area contributed by atoms with Crippen molar-refractivity contribution in [2.45, 2.75) is 19.8 Å². The summed E-state index contributed by atoms with van der Waals surface area (Å²) in [6.45, 7) is 2.32. The number of nitrogens with one attached hydrogen (secondary N) is 1. The van der Waals surface area contributed by atoms with E-state index in [1.165, 1.54) is 0 Å². The number of hydrogen-bond donors (Lipinski definition) is 2. The van der Waals surface area contributed by atoms with Crippen LogP contribution in [0.3, 0.4) is 0 Å². The Hall–Kier alpha value is -2.04. The van der Waals surface area contributed by atoms with E-state index in [0.29, 0.717) is 12.2 Å². The van der Waals surface area contributed by atoms with Gasteiger partial charge in [0.1, 0.15) is 0 Å². The second kappa shape index (κ2) is 6.52. The van der Waals surface area contributed by atoms with E-state index < -0.39 is 12.1 Å². The molecule has 92 valence electrons. The Bertz CT molecular complexity index is 379. The zero-order chi connectivity index (χ0) is 12.7. The Labute approximate surface area is 101 Å². The number of nitrogens with zero attached hydrogens (tertiary/aromatic N) is 1. The lowest BCUT2D eigenvalue weighted by Gasteiger charge is -2.18. The second-order valence-electron chi connectivity index (χ2n) is 3.64. The number of rotatable bonds is 4. The van der Waals surface area contributed by atoms with Crippen LogP contribution in [0.2, 0.25) is 0 Å². The molecule has 0 unspecified atom stereocenters. The minimum Gasteiger partial charge on any atom is -0.351 e. The number of primary amides is 1. The first-order chi connectivity index (χ1) is 8.15. The number of anilines is 1. The first-order valence-corrected chi connectivity index (χ1v) is 5.58. The largest absolute Gasteiger partial charge is 0.351 e. The topological polar surface area (TPSA) is 75.4 Å². The molecule has 0 saturated heterocycles. The van der Waals surface area contributed by atoms with E-state index in [-0.39, 0.29) is 0 Å². The van der Waals surface area contributed by atoms with Crippen LogP contribution >= 0.6 is 0 Å². The molecule has 5 heteroatoms. The molecular weight excluding hydrogens is 218 g/mol. The molecule has 0 bridgehead atoms. The van der Waals surface area contributed by atoms with Crippen molar-refractivity contribution >= 4 is 17.7 Å². The van der Waals surface area contributed by atoms with Gasteiger partial charge in [-0.3, -0.25) is 0 Å². The quantitative estimate of drug-likeness (QED) is 0.840. The highest BCUT2D eigenvalue weighted by Gasteiger charge is 2.17. The van der Waals surface area contributed by atoms with Crippen LogP contribution in [0.5, 0.6) is 0 Å². The molecule has 0 spiro atoms. The van der Waals surface area contributed by atoms with E-state index in [1.807, 2.05) is 13.0 Å². The Morgan fingerprint density at radius 1 is 1.29 bits per heavy atom. The van der Waals surface area contributed by atoms with Crippen LogP contribution in [0, 0.1) is 0 Å². The van der Waals surface area contributed by atoms with Gasteiger partial charge < -0.3 is 11.1 Å². The minimum atomic E-state index is -0.730. The van der Waals surface area contributed by atoms with Crippen molar-refractivity contribution < 1.29 is 9.59 Å². The number of nitrogens with two attached hydrogens (primary N) is 1. The SMILES string of the molecule is CCCCN(C(N)=O)C(=O)Nc1ccccc1. The van der Waals surface area contributed by atoms with Crippen molar-refractivity contribution in [1.29, 1.82) is 0 Å². The fraction of sp³-hybridized carbons (Fsp3) is 0.333. The van der Waals surface area contributed by atoms with Gasteiger partial charge >= 0.3 is 12.1 Å². The van der Waals surface area contributed by atoms with Gasteiger partial charge in [0, 0.05) is 12.2 Å². The molecule has 0 aromatic heterocycles. The molecule has 0 radical (unpaired) electrons. The lowest BCUT2D eigenvalue weighted by atomic mass is 10.3. The minimum absolute atomic E-state index is 0.338. The molecule has 3 N–H and O–H groups in total. The van der Waals surface area contributed by atoms with Gasteiger partial charge in [-0.2, -0.15) is 0 Å². The maximum Gasteiger partial charge on any atom is 0.329 e. The first-order valence-electron chi connectivity index (χ1n) is 5.58. The molecule has 1 rings (SSSR count). The van der Waals surface area contributed by atoms with E-state index in [1.54, 1.807) is 24.3 Å². The third kappa shape index (κ3) is 4.14. The van der Waals surface area contributed by atoms with Gasteiger partial charge in [0.15, 0.2) is 0 Å². The molecule has 1 aromatic carbocycles. The first kappa shape index (κ1) is 13.0. The standard InChI is InChI=1S/C12H17N3O2/c1-2-3-9-15(11(13)16)12(17)14-10-7-5-4-6-8-10/h4-8H,2-3,9H2,1H3,(H2,13,16)(H,14,17). The molecule has 0 atom stereocenters. The van der Waals surface area contributed by atoms with E-state index in [4.69, 9.17) is 5.73 Å². The van der Waals surface area contributed by atoms with Gasteiger partial charge in [0.2, 0.25) is 0 Å².